The van der Waals surface area contributed by atoms with Crippen molar-refractivity contribution in [1.29, 1.82) is 0 Å². The van der Waals surface area contributed by atoms with E-state index in [1.165, 1.54) is 38.1 Å². The molecule has 54 heavy (non-hydrogen) atoms. The first-order valence-corrected chi connectivity index (χ1v) is 16.6. The highest BCUT2D eigenvalue weighted by atomic mass is 17.2. The van der Waals surface area contributed by atoms with Crippen molar-refractivity contribution in [3.8, 4) is 34.3 Å². The Labute approximate surface area is 303 Å². The molecule has 21 nitrogen and oxygen atoms in total. The molecule has 0 radical (unpaired) electrons. The van der Waals surface area contributed by atoms with Crippen LogP contribution in [0, 0.1) is 0 Å². The molecular weight excluding hydrogens is 732 g/mol. The number of phenols is 2. The number of benzene rings is 2. The maximum absolute atomic E-state index is 13.8. The molecule has 298 valence electrons. The molecule has 3 fully saturated rings. The summed E-state index contributed by atoms with van der Waals surface area (Å²) in [6, 6.07) is 7.27. The summed E-state index contributed by atoms with van der Waals surface area (Å²) >= 11 is 0. The second kappa shape index (κ2) is 16.2. The van der Waals surface area contributed by atoms with Crippen LogP contribution in [0.15, 0.2) is 45.6 Å². The lowest BCUT2D eigenvalue weighted by atomic mass is 9.97. The van der Waals surface area contributed by atoms with E-state index in [2.05, 4.69) is 0 Å². The minimum Gasteiger partial charge on any atom is -0.508 e. The van der Waals surface area contributed by atoms with E-state index in [1.54, 1.807) is 0 Å². The van der Waals surface area contributed by atoms with Crippen LogP contribution in [0.2, 0.25) is 0 Å². The molecule has 3 saturated heterocycles. The molecule has 0 saturated carbocycles. The number of hydrogen-bond donors (Lipinski definition) is 11. The first kappa shape index (κ1) is 39.9. The predicted octanol–water partition coefficient (Wildman–Crippen LogP) is -3.03. The zero-order valence-electron chi connectivity index (χ0n) is 28.3. The van der Waals surface area contributed by atoms with Crippen LogP contribution < -0.4 is 15.2 Å². The van der Waals surface area contributed by atoms with Gasteiger partial charge in [-0.1, -0.05) is 0 Å². The van der Waals surface area contributed by atoms with Crippen LogP contribution in [0.3, 0.4) is 0 Å². The van der Waals surface area contributed by atoms with Crippen LogP contribution in [-0.2, 0) is 28.7 Å². The Morgan fingerprint density at radius 2 is 1.26 bits per heavy atom. The van der Waals surface area contributed by atoms with E-state index in [1.807, 2.05) is 0 Å². The third-order valence-corrected chi connectivity index (χ3v) is 9.23. The first-order chi connectivity index (χ1) is 25.6. The Balaban J connectivity index is 1.24. The van der Waals surface area contributed by atoms with Gasteiger partial charge in [-0.2, -0.15) is 9.78 Å². The van der Waals surface area contributed by atoms with Gasteiger partial charge in [0.1, 0.15) is 83.5 Å². The van der Waals surface area contributed by atoms with Gasteiger partial charge in [-0.05, 0) is 38.1 Å². The summed E-state index contributed by atoms with van der Waals surface area (Å²) in [4.78, 5) is 34.8. The van der Waals surface area contributed by atoms with E-state index >= 15 is 0 Å². The normalized spacial score (nSPS) is 37.3. The molecule has 3 aliphatic heterocycles. The van der Waals surface area contributed by atoms with Crippen molar-refractivity contribution in [2.45, 2.75) is 106 Å². The molecule has 6 rings (SSSR count). The van der Waals surface area contributed by atoms with E-state index in [9.17, 15) is 61.0 Å². The van der Waals surface area contributed by atoms with E-state index < -0.39 is 121 Å². The van der Waals surface area contributed by atoms with E-state index in [4.69, 9.17) is 42.9 Å². The van der Waals surface area contributed by atoms with E-state index in [-0.39, 0.29) is 28.4 Å². The monoisotopic (exact) mass is 772 g/mol. The smallest absolute Gasteiger partial charge is 0.256 e. The van der Waals surface area contributed by atoms with Crippen molar-refractivity contribution in [2.24, 2.45) is 0 Å². The first-order valence-electron chi connectivity index (χ1n) is 16.6. The Bertz CT molecular complexity index is 1800. The zero-order chi connectivity index (χ0) is 39.2. The van der Waals surface area contributed by atoms with E-state index in [0.717, 1.165) is 12.1 Å². The molecule has 0 amide bonds. The van der Waals surface area contributed by atoms with E-state index in [0.29, 0.717) is 0 Å². The summed E-state index contributed by atoms with van der Waals surface area (Å²) < 4.78 is 27.7. The molecule has 21 heteroatoms. The van der Waals surface area contributed by atoms with Crippen LogP contribution in [0.5, 0.6) is 23.0 Å². The Morgan fingerprint density at radius 3 is 1.93 bits per heavy atom. The quantitative estimate of drug-likeness (QED) is 0.0721. The highest BCUT2D eigenvalue weighted by molar-refractivity contribution is 5.88. The number of phenolic OH excluding ortho intramolecular Hbond substituents is 2. The molecule has 0 bridgehead atoms. The van der Waals surface area contributed by atoms with Gasteiger partial charge in [0.25, 0.3) is 5.75 Å². The largest absolute Gasteiger partial charge is 0.508 e. The Hall–Kier alpha value is -3.75. The molecule has 0 aliphatic carbocycles. The van der Waals surface area contributed by atoms with Crippen LogP contribution in [-0.4, -0.2) is 155 Å². The fourth-order valence-corrected chi connectivity index (χ4v) is 6.05. The fraction of sp³-hybridized carbons (Fsp3) is 0.545. The lowest BCUT2D eigenvalue weighted by Gasteiger charge is -2.45. The third-order valence-electron chi connectivity index (χ3n) is 9.23. The SMILES string of the molecule is C[C@@H]1O[C@H](OOc2cc(O)c3c(=O)c(OO[C@H]4O[C@@H](C)[C@@H](O)[C@H](O)[C@@H]4O)c(-c4ccc(O)cc4)oc3c2)[C@H](O)[C@H](O[C@H]2O[C@H](CO)[C@@H](O)[C@H](O)[C@H]2O)[C@H]1O. The second-order valence-corrected chi connectivity index (χ2v) is 13.0. The van der Waals surface area contributed by atoms with Crippen molar-refractivity contribution in [3.05, 3.63) is 46.6 Å². The average Bonchev–Trinajstić information content (AvgIpc) is 3.14. The van der Waals surface area contributed by atoms with Gasteiger partial charge in [-0.3, -0.25) is 4.79 Å². The van der Waals surface area contributed by atoms with Crippen LogP contribution >= 0.6 is 0 Å². The molecule has 15 atom stereocenters. The van der Waals surface area contributed by atoms with Gasteiger partial charge in [-0.25, -0.2) is 0 Å². The van der Waals surface area contributed by atoms with Gasteiger partial charge in [-0.15, -0.1) is 0 Å². The zero-order valence-corrected chi connectivity index (χ0v) is 28.3. The maximum atomic E-state index is 13.8. The topological polar surface area (TPSA) is 327 Å². The van der Waals surface area contributed by atoms with Crippen molar-refractivity contribution in [3.63, 3.8) is 0 Å². The molecule has 0 spiro atoms. The number of hydrogen-bond acceptors (Lipinski definition) is 21. The molecule has 3 aliphatic rings. The second-order valence-electron chi connectivity index (χ2n) is 13.0. The van der Waals surface area contributed by atoms with Gasteiger partial charge in [0.2, 0.25) is 18.0 Å². The van der Waals surface area contributed by atoms with Crippen LogP contribution in [0.25, 0.3) is 22.3 Å². The molecular formula is C33H40O21. The highest BCUT2D eigenvalue weighted by Crippen LogP contribution is 2.38. The van der Waals surface area contributed by atoms with Gasteiger partial charge in [0.05, 0.1) is 18.8 Å². The number of fused-ring (bicyclic) bond motifs is 1. The number of ether oxygens (including phenoxy) is 4. The molecule has 4 heterocycles. The number of rotatable bonds is 10. The minimum atomic E-state index is -1.87. The number of aliphatic hydroxyl groups excluding tert-OH is 9. The number of aliphatic hydroxyl groups is 9. The summed E-state index contributed by atoms with van der Waals surface area (Å²) in [7, 11) is 0. The standard InChI is InChI=1S/C33H40O21/c1-10-19(37)23(41)26(44)32(46-10)54-52-30-22(40)18-15(36)7-14(8-16(18)48-28(30)12-3-5-13(35)6-4-12)51-53-33-27(45)29(20(38)11(2)47-33)50-31-25(43)24(42)21(39)17(9-34)49-31/h3-8,10-11,17,19-21,23-27,29,31-39,41-45H,9H2,1-2H3/t10-,11-,17+,19+,20-,21+,23-,24-,25+,26-,27+,29+,31+,32+,33+/m0/s1. The van der Waals surface area contributed by atoms with Gasteiger partial charge in [0.15, 0.2) is 17.8 Å². The molecule has 0 unspecified atom stereocenters. The van der Waals surface area contributed by atoms with Crippen molar-refractivity contribution < 1.29 is 99.1 Å². The summed E-state index contributed by atoms with van der Waals surface area (Å²) in [5.41, 5.74) is -1.17. The molecule has 2 aromatic carbocycles. The van der Waals surface area contributed by atoms with Crippen molar-refractivity contribution >= 4 is 11.0 Å². The molecule has 11 N–H and O–H groups in total. The summed E-state index contributed by atoms with van der Waals surface area (Å²) in [5, 5.41) is 113. The average molecular weight is 773 g/mol. The summed E-state index contributed by atoms with van der Waals surface area (Å²) in [6.07, 6.45) is -23.9. The van der Waals surface area contributed by atoms with Crippen LogP contribution in [0.1, 0.15) is 13.8 Å². The molecule has 1 aromatic heterocycles. The molecule has 3 aromatic rings. The van der Waals surface area contributed by atoms with Crippen LogP contribution in [0.4, 0.5) is 0 Å². The van der Waals surface area contributed by atoms with Gasteiger partial charge in [0, 0.05) is 17.7 Å². The van der Waals surface area contributed by atoms with Crippen molar-refractivity contribution in [1.82, 2.24) is 0 Å². The summed E-state index contributed by atoms with van der Waals surface area (Å²) in [6.45, 7) is 2.02. The predicted molar refractivity (Wildman–Crippen MR) is 172 cm³/mol. The lowest BCUT2D eigenvalue weighted by Crippen LogP contribution is -2.64. The van der Waals surface area contributed by atoms with Gasteiger partial charge >= 0.3 is 0 Å². The Morgan fingerprint density at radius 1 is 0.667 bits per heavy atom. The van der Waals surface area contributed by atoms with Crippen molar-refractivity contribution in [2.75, 3.05) is 6.61 Å². The third kappa shape index (κ3) is 7.70. The summed E-state index contributed by atoms with van der Waals surface area (Å²) in [5.74, 6) is -2.16. The highest BCUT2D eigenvalue weighted by Gasteiger charge is 2.51. The fourth-order valence-electron chi connectivity index (χ4n) is 6.05. The maximum Gasteiger partial charge on any atom is 0.256 e. The Kier molecular flexibility index (Phi) is 11.9. The minimum absolute atomic E-state index is 0.138. The van der Waals surface area contributed by atoms with Gasteiger partial charge < -0.3 is 89.3 Å². The lowest BCUT2D eigenvalue weighted by molar-refractivity contribution is -0.401. The number of aromatic hydroxyl groups is 2.